The highest BCUT2D eigenvalue weighted by atomic mass is 32.1. The van der Waals surface area contributed by atoms with Crippen molar-refractivity contribution >= 4 is 40.0 Å². The van der Waals surface area contributed by atoms with Crippen LogP contribution in [0.25, 0.3) is 0 Å². The monoisotopic (exact) mass is 381 g/mol. The number of aryl methyl sites for hydroxylation is 1. The van der Waals surface area contributed by atoms with E-state index < -0.39 is 18.5 Å². The van der Waals surface area contributed by atoms with E-state index in [0.29, 0.717) is 30.0 Å². The van der Waals surface area contributed by atoms with Crippen molar-refractivity contribution in [2.24, 2.45) is 11.7 Å². The number of thiophene rings is 1. The number of carbonyl (C=O) groups excluding carboxylic acids is 4. The standard InChI is InChI=1S/C17H23N3O5S/c1-9-10(2)26-16(19-11(3)21)14(9)17(24)25-8-13(22)20-6-4-5-12(7-20)15(18)23/h12H,4-8H2,1-3H3,(H2,18,23)(H,19,21)/t12-/m0/s1. The van der Waals surface area contributed by atoms with E-state index in [1.165, 1.54) is 23.2 Å². The van der Waals surface area contributed by atoms with E-state index in [1.807, 2.05) is 6.92 Å². The molecule has 142 valence electrons. The molecule has 0 saturated carbocycles. The fraction of sp³-hybridized carbons (Fsp3) is 0.529. The van der Waals surface area contributed by atoms with Crippen LogP contribution in [0.15, 0.2) is 0 Å². The Morgan fingerprint density at radius 2 is 2.00 bits per heavy atom. The van der Waals surface area contributed by atoms with Crippen molar-refractivity contribution in [3.63, 3.8) is 0 Å². The van der Waals surface area contributed by atoms with Gasteiger partial charge in [-0.2, -0.15) is 0 Å². The van der Waals surface area contributed by atoms with Crippen LogP contribution in [0, 0.1) is 19.8 Å². The minimum atomic E-state index is -0.660. The number of amides is 3. The van der Waals surface area contributed by atoms with Gasteiger partial charge in [0, 0.05) is 24.9 Å². The number of primary amides is 1. The molecule has 0 unspecified atom stereocenters. The lowest BCUT2D eigenvalue weighted by Crippen LogP contribution is -2.45. The van der Waals surface area contributed by atoms with Gasteiger partial charge in [-0.1, -0.05) is 0 Å². The van der Waals surface area contributed by atoms with Crippen molar-refractivity contribution < 1.29 is 23.9 Å². The lowest BCUT2D eigenvalue weighted by atomic mass is 9.97. The van der Waals surface area contributed by atoms with Crippen LogP contribution in [-0.4, -0.2) is 48.3 Å². The van der Waals surface area contributed by atoms with E-state index in [0.717, 1.165) is 4.88 Å². The Morgan fingerprint density at radius 1 is 1.31 bits per heavy atom. The van der Waals surface area contributed by atoms with Crippen LogP contribution in [-0.2, 0) is 19.1 Å². The Hall–Kier alpha value is -2.42. The van der Waals surface area contributed by atoms with Gasteiger partial charge in [-0.25, -0.2) is 4.79 Å². The van der Waals surface area contributed by atoms with Crippen molar-refractivity contribution in [2.45, 2.75) is 33.6 Å². The van der Waals surface area contributed by atoms with Crippen LogP contribution in [0.1, 0.15) is 40.6 Å². The number of nitrogens with two attached hydrogens (primary N) is 1. The molecule has 0 bridgehead atoms. The number of nitrogens with zero attached hydrogens (tertiary/aromatic N) is 1. The third-order valence-electron chi connectivity index (χ3n) is 4.38. The molecule has 1 atom stereocenters. The highest BCUT2D eigenvalue weighted by molar-refractivity contribution is 7.16. The number of anilines is 1. The van der Waals surface area contributed by atoms with Gasteiger partial charge < -0.3 is 20.7 Å². The Bertz CT molecular complexity index is 743. The van der Waals surface area contributed by atoms with Gasteiger partial charge in [0.25, 0.3) is 5.91 Å². The smallest absolute Gasteiger partial charge is 0.341 e. The Balaban J connectivity index is 2.01. The van der Waals surface area contributed by atoms with E-state index in [9.17, 15) is 19.2 Å². The molecule has 1 aliphatic rings. The van der Waals surface area contributed by atoms with Gasteiger partial charge in [0.05, 0.1) is 11.5 Å². The normalized spacial score (nSPS) is 16.9. The maximum absolute atomic E-state index is 12.4. The number of hydrogen-bond donors (Lipinski definition) is 2. The molecule has 0 spiro atoms. The third-order valence-corrected chi connectivity index (χ3v) is 5.50. The summed E-state index contributed by atoms with van der Waals surface area (Å²) in [6.45, 7) is 5.29. The number of likely N-dealkylation sites (tertiary alicyclic amines) is 1. The molecule has 2 heterocycles. The van der Waals surface area contributed by atoms with Crippen molar-refractivity contribution in [1.82, 2.24) is 4.90 Å². The number of esters is 1. The van der Waals surface area contributed by atoms with E-state index in [-0.39, 0.29) is 29.8 Å². The van der Waals surface area contributed by atoms with Gasteiger partial charge in [-0.15, -0.1) is 11.3 Å². The molecule has 1 fully saturated rings. The quantitative estimate of drug-likeness (QED) is 0.743. The van der Waals surface area contributed by atoms with Gasteiger partial charge in [-0.3, -0.25) is 14.4 Å². The van der Waals surface area contributed by atoms with Crippen LogP contribution < -0.4 is 11.1 Å². The first-order valence-electron chi connectivity index (χ1n) is 8.32. The van der Waals surface area contributed by atoms with Gasteiger partial charge in [0.1, 0.15) is 5.00 Å². The SMILES string of the molecule is CC(=O)Nc1sc(C)c(C)c1C(=O)OCC(=O)N1CCC[C@H](C(N)=O)C1. The maximum atomic E-state index is 12.4. The van der Waals surface area contributed by atoms with E-state index in [2.05, 4.69) is 5.32 Å². The second-order valence-electron chi connectivity index (χ2n) is 6.33. The average Bonchev–Trinajstić information content (AvgIpc) is 2.85. The lowest BCUT2D eigenvalue weighted by Gasteiger charge is -2.31. The van der Waals surface area contributed by atoms with Crippen LogP contribution >= 0.6 is 11.3 Å². The summed E-state index contributed by atoms with van der Waals surface area (Å²) in [5.41, 5.74) is 6.29. The van der Waals surface area contributed by atoms with Crippen molar-refractivity contribution in [3.05, 3.63) is 16.0 Å². The molecule has 3 amide bonds. The number of carbonyl (C=O) groups is 4. The summed E-state index contributed by atoms with van der Waals surface area (Å²) in [6.07, 6.45) is 1.34. The van der Waals surface area contributed by atoms with Crippen LogP contribution in [0.2, 0.25) is 0 Å². The zero-order chi connectivity index (χ0) is 19.4. The van der Waals surface area contributed by atoms with E-state index in [4.69, 9.17) is 10.5 Å². The topological polar surface area (TPSA) is 119 Å². The minimum absolute atomic E-state index is 0.249. The largest absolute Gasteiger partial charge is 0.452 e. The van der Waals surface area contributed by atoms with E-state index in [1.54, 1.807) is 6.92 Å². The zero-order valence-electron chi connectivity index (χ0n) is 15.1. The van der Waals surface area contributed by atoms with Crippen molar-refractivity contribution in [3.8, 4) is 0 Å². The fourth-order valence-corrected chi connectivity index (χ4v) is 3.94. The average molecular weight is 381 g/mol. The molecule has 2 rings (SSSR count). The third kappa shape index (κ3) is 4.60. The molecule has 1 saturated heterocycles. The lowest BCUT2D eigenvalue weighted by molar-refractivity contribution is -0.137. The molecule has 1 aromatic heterocycles. The number of ether oxygens (including phenoxy) is 1. The molecule has 9 heteroatoms. The summed E-state index contributed by atoms with van der Waals surface area (Å²) in [4.78, 5) is 49.7. The number of rotatable bonds is 5. The van der Waals surface area contributed by atoms with Crippen LogP contribution in [0.4, 0.5) is 5.00 Å². The van der Waals surface area contributed by atoms with Gasteiger partial charge >= 0.3 is 5.97 Å². The molecule has 0 aromatic carbocycles. The number of nitrogens with one attached hydrogen (secondary N) is 1. The van der Waals surface area contributed by atoms with Crippen LogP contribution in [0.3, 0.4) is 0 Å². The van der Waals surface area contributed by atoms with Crippen LogP contribution in [0.5, 0.6) is 0 Å². The molecular formula is C17H23N3O5S. The molecule has 26 heavy (non-hydrogen) atoms. The zero-order valence-corrected chi connectivity index (χ0v) is 15.9. The number of hydrogen-bond acceptors (Lipinski definition) is 6. The van der Waals surface area contributed by atoms with Crippen molar-refractivity contribution in [2.75, 3.05) is 25.0 Å². The van der Waals surface area contributed by atoms with Gasteiger partial charge in [0.15, 0.2) is 6.61 Å². The van der Waals surface area contributed by atoms with E-state index >= 15 is 0 Å². The maximum Gasteiger partial charge on any atom is 0.341 e. The highest BCUT2D eigenvalue weighted by Crippen LogP contribution is 2.33. The molecule has 0 radical (unpaired) electrons. The molecule has 1 aliphatic heterocycles. The predicted molar refractivity (Wildman–Crippen MR) is 96.9 cm³/mol. The van der Waals surface area contributed by atoms with Crippen molar-refractivity contribution in [1.29, 1.82) is 0 Å². The first kappa shape index (κ1) is 19.9. The Kier molecular flexibility index (Phi) is 6.36. The fourth-order valence-electron chi connectivity index (χ4n) is 2.85. The molecule has 0 aliphatic carbocycles. The predicted octanol–water partition coefficient (Wildman–Crippen LogP) is 1.20. The first-order chi connectivity index (χ1) is 12.2. The molecule has 1 aromatic rings. The summed E-state index contributed by atoms with van der Waals surface area (Å²) in [5, 5.41) is 3.03. The Morgan fingerprint density at radius 3 is 2.62 bits per heavy atom. The summed E-state index contributed by atoms with van der Waals surface area (Å²) in [7, 11) is 0. The van der Waals surface area contributed by atoms with Gasteiger partial charge in [0.2, 0.25) is 11.8 Å². The number of piperidine rings is 1. The second-order valence-corrected chi connectivity index (χ2v) is 7.55. The molecule has 3 N–H and O–H groups in total. The summed E-state index contributed by atoms with van der Waals surface area (Å²) < 4.78 is 5.16. The molecule has 8 nitrogen and oxygen atoms in total. The minimum Gasteiger partial charge on any atom is -0.452 e. The summed E-state index contributed by atoms with van der Waals surface area (Å²) in [6, 6.07) is 0. The van der Waals surface area contributed by atoms with Gasteiger partial charge in [-0.05, 0) is 32.3 Å². The highest BCUT2D eigenvalue weighted by Gasteiger charge is 2.28. The molecular weight excluding hydrogens is 358 g/mol. The Labute approximate surface area is 155 Å². The first-order valence-corrected chi connectivity index (χ1v) is 9.14. The second kappa shape index (κ2) is 8.31. The summed E-state index contributed by atoms with van der Waals surface area (Å²) in [5.74, 6) is -2.11. The summed E-state index contributed by atoms with van der Waals surface area (Å²) >= 11 is 1.28.